The van der Waals surface area contributed by atoms with Gasteiger partial charge in [0.2, 0.25) is 5.91 Å². The number of carbonyl (C=O) groups is 1. The number of anilines is 1. The maximum absolute atomic E-state index is 12.0. The Hall–Kier alpha value is -1.69. The van der Waals surface area contributed by atoms with E-state index in [1.165, 1.54) is 0 Å². The molecule has 0 N–H and O–H groups in total. The minimum atomic E-state index is 0.313. The smallest absolute Gasteiger partial charge is 0.222 e. The van der Waals surface area contributed by atoms with E-state index in [9.17, 15) is 4.79 Å². The van der Waals surface area contributed by atoms with Crippen molar-refractivity contribution in [1.82, 2.24) is 14.9 Å². The SMILES string of the molecule is CCOCc1nc(C)cc(N2CCCC(N3CCCC3=O)C2)n1. The lowest BCUT2D eigenvalue weighted by atomic mass is 10.0. The first-order valence-electron chi connectivity index (χ1n) is 8.64. The van der Waals surface area contributed by atoms with Crippen LogP contribution >= 0.6 is 0 Å². The summed E-state index contributed by atoms with van der Waals surface area (Å²) in [6.45, 7) is 7.85. The number of aryl methyl sites for hydroxylation is 1. The van der Waals surface area contributed by atoms with E-state index in [1.807, 2.05) is 19.9 Å². The Morgan fingerprint density at radius 3 is 2.91 bits per heavy atom. The van der Waals surface area contributed by atoms with E-state index in [-0.39, 0.29) is 0 Å². The molecule has 0 saturated carbocycles. The fourth-order valence-electron chi connectivity index (χ4n) is 3.50. The Labute approximate surface area is 137 Å². The predicted molar refractivity (Wildman–Crippen MR) is 88.3 cm³/mol. The zero-order valence-electron chi connectivity index (χ0n) is 14.1. The van der Waals surface area contributed by atoms with Gasteiger partial charge in [0, 0.05) is 50.5 Å². The summed E-state index contributed by atoms with van der Waals surface area (Å²) < 4.78 is 5.44. The van der Waals surface area contributed by atoms with E-state index >= 15 is 0 Å². The molecule has 6 heteroatoms. The van der Waals surface area contributed by atoms with Crippen LogP contribution < -0.4 is 4.90 Å². The van der Waals surface area contributed by atoms with Gasteiger partial charge in [0.05, 0.1) is 0 Å². The molecule has 6 nitrogen and oxygen atoms in total. The molecule has 0 bridgehead atoms. The fourth-order valence-corrected chi connectivity index (χ4v) is 3.50. The number of ether oxygens (including phenoxy) is 1. The van der Waals surface area contributed by atoms with Gasteiger partial charge in [-0.25, -0.2) is 9.97 Å². The van der Waals surface area contributed by atoms with Crippen LogP contribution in [0.3, 0.4) is 0 Å². The number of nitrogens with zero attached hydrogens (tertiary/aromatic N) is 4. The zero-order valence-corrected chi connectivity index (χ0v) is 14.1. The minimum Gasteiger partial charge on any atom is -0.374 e. The molecule has 1 unspecified atom stereocenters. The third-order valence-electron chi connectivity index (χ3n) is 4.59. The van der Waals surface area contributed by atoms with Gasteiger partial charge >= 0.3 is 0 Å². The second kappa shape index (κ2) is 7.25. The second-order valence-corrected chi connectivity index (χ2v) is 6.35. The first-order chi connectivity index (χ1) is 11.2. The van der Waals surface area contributed by atoms with Crippen LogP contribution in [0.1, 0.15) is 44.1 Å². The lowest BCUT2D eigenvalue weighted by molar-refractivity contribution is -0.129. The Bertz CT molecular complexity index is 564. The minimum absolute atomic E-state index is 0.313. The average molecular weight is 318 g/mol. The van der Waals surface area contributed by atoms with Crippen LogP contribution in [0.5, 0.6) is 0 Å². The molecule has 126 valence electrons. The number of amides is 1. The van der Waals surface area contributed by atoms with Gasteiger partial charge in [-0.2, -0.15) is 0 Å². The molecule has 0 spiro atoms. The number of carbonyl (C=O) groups excluding carboxylic acids is 1. The molecule has 0 aromatic carbocycles. The highest BCUT2D eigenvalue weighted by Gasteiger charge is 2.31. The van der Waals surface area contributed by atoms with Crippen molar-refractivity contribution in [3.63, 3.8) is 0 Å². The van der Waals surface area contributed by atoms with Crippen LogP contribution in [0.2, 0.25) is 0 Å². The van der Waals surface area contributed by atoms with Gasteiger partial charge in [-0.3, -0.25) is 4.79 Å². The molecular formula is C17H26N4O2. The van der Waals surface area contributed by atoms with E-state index in [0.29, 0.717) is 31.6 Å². The summed E-state index contributed by atoms with van der Waals surface area (Å²) in [5.74, 6) is 2.01. The maximum atomic E-state index is 12.0. The largest absolute Gasteiger partial charge is 0.374 e. The lowest BCUT2D eigenvalue weighted by Crippen LogP contribution is -2.48. The topological polar surface area (TPSA) is 58.6 Å². The second-order valence-electron chi connectivity index (χ2n) is 6.35. The van der Waals surface area contributed by atoms with Crippen molar-refractivity contribution >= 4 is 11.7 Å². The van der Waals surface area contributed by atoms with E-state index in [4.69, 9.17) is 4.74 Å². The number of piperidine rings is 1. The molecule has 2 aliphatic heterocycles. The number of rotatable bonds is 5. The normalized spacial score (nSPS) is 22.0. The van der Waals surface area contributed by atoms with E-state index < -0.39 is 0 Å². The summed E-state index contributed by atoms with van der Waals surface area (Å²) in [5, 5.41) is 0. The van der Waals surface area contributed by atoms with Gasteiger partial charge in [-0.05, 0) is 33.1 Å². The van der Waals surface area contributed by atoms with Crippen LogP contribution in [0, 0.1) is 6.92 Å². The molecule has 1 aromatic heterocycles. The number of aromatic nitrogens is 2. The van der Waals surface area contributed by atoms with Crippen molar-refractivity contribution < 1.29 is 9.53 Å². The van der Waals surface area contributed by atoms with Gasteiger partial charge < -0.3 is 14.5 Å². The number of hydrogen-bond donors (Lipinski definition) is 0. The van der Waals surface area contributed by atoms with Gasteiger partial charge in [-0.15, -0.1) is 0 Å². The van der Waals surface area contributed by atoms with Crippen molar-refractivity contribution in [2.75, 3.05) is 31.1 Å². The summed E-state index contributed by atoms with van der Waals surface area (Å²) in [6.07, 6.45) is 3.90. The maximum Gasteiger partial charge on any atom is 0.222 e. The van der Waals surface area contributed by atoms with Crippen molar-refractivity contribution in [2.45, 2.75) is 52.2 Å². The van der Waals surface area contributed by atoms with Crippen LogP contribution in [-0.4, -0.2) is 53.1 Å². The molecule has 0 radical (unpaired) electrons. The molecule has 0 aliphatic carbocycles. The van der Waals surface area contributed by atoms with Gasteiger partial charge in [0.15, 0.2) is 5.82 Å². The Kier molecular flexibility index (Phi) is 5.10. The average Bonchev–Trinajstić information content (AvgIpc) is 2.98. The Balaban J connectivity index is 1.72. The van der Waals surface area contributed by atoms with Gasteiger partial charge in [-0.1, -0.05) is 0 Å². The third-order valence-corrected chi connectivity index (χ3v) is 4.59. The first-order valence-corrected chi connectivity index (χ1v) is 8.64. The predicted octanol–water partition coefficient (Wildman–Crippen LogP) is 1.91. The summed E-state index contributed by atoms with van der Waals surface area (Å²) in [5.41, 5.74) is 0.962. The molecular weight excluding hydrogens is 292 g/mol. The van der Waals surface area contributed by atoms with E-state index in [0.717, 1.165) is 56.2 Å². The van der Waals surface area contributed by atoms with Crippen LogP contribution in [0.15, 0.2) is 6.07 Å². The van der Waals surface area contributed by atoms with Crippen molar-refractivity contribution in [3.05, 3.63) is 17.6 Å². The summed E-state index contributed by atoms with van der Waals surface area (Å²) >= 11 is 0. The molecule has 2 fully saturated rings. The summed E-state index contributed by atoms with van der Waals surface area (Å²) in [4.78, 5) is 25.5. The monoisotopic (exact) mass is 318 g/mol. The Morgan fingerprint density at radius 2 is 2.17 bits per heavy atom. The standard InChI is InChI=1S/C17H26N4O2/c1-3-23-12-15-18-13(2)10-16(19-15)20-8-4-6-14(11-20)21-9-5-7-17(21)22/h10,14H,3-9,11-12H2,1-2H3. The van der Waals surface area contributed by atoms with Crippen molar-refractivity contribution in [1.29, 1.82) is 0 Å². The molecule has 2 saturated heterocycles. The summed E-state index contributed by atoms with van der Waals surface area (Å²) in [7, 11) is 0. The first kappa shape index (κ1) is 16.2. The number of hydrogen-bond acceptors (Lipinski definition) is 5. The molecule has 1 aromatic rings. The van der Waals surface area contributed by atoms with E-state index in [1.54, 1.807) is 0 Å². The van der Waals surface area contributed by atoms with Crippen LogP contribution in [-0.2, 0) is 16.1 Å². The molecule has 1 amide bonds. The lowest BCUT2D eigenvalue weighted by Gasteiger charge is -2.38. The number of likely N-dealkylation sites (tertiary alicyclic amines) is 1. The van der Waals surface area contributed by atoms with E-state index in [2.05, 4.69) is 19.8 Å². The molecule has 2 aliphatic rings. The van der Waals surface area contributed by atoms with Crippen LogP contribution in [0.4, 0.5) is 5.82 Å². The van der Waals surface area contributed by atoms with Crippen molar-refractivity contribution in [2.24, 2.45) is 0 Å². The quantitative estimate of drug-likeness (QED) is 0.830. The molecule has 23 heavy (non-hydrogen) atoms. The zero-order chi connectivity index (χ0) is 16.2. The van der Waals surface area contributed by atoms with Gasteiger partial charge in [0.1, 0.15) is 12.4 Å². The molecule has 1 atom stereocenters. The highest BCUT2D eigenvalue weighted by Crippen LogP contribution is 2.24. The van der Waals surface area contributed by atoms with Crippen molar-refractivity contribution in [3.8, 4) is 0 Å². The molecule has 3 heterocycles. The third kappa shape index (κ3) is 3.80. The Morgan fingerprint density at radius 1 is 1.30 bits per heavy atom. The highest BCUT2D eigenvalue weighted by molar-refractivity contribution is 5.78. The fraction of sp³-hybridized carbons (Fsp3) is 0.706. The highest BCUT2D eigenvalue weighted by atomic mass is 16.5. The van der Waals surface area contributed by atoms with Gasteiger partial charge in [0.25, 0.3) is 0 Å². The molecule has 3 rings (SSSR count). The van der Waals surface area contributed by atoms with Crippen LogP contribution in [0.25, 0.3) is 0 Å². The summed E-state index contributed by atoms with van der Waals surface area (Å²) in [6, 6.07) is 2.35.